The van der Waals surface area contributed by atoms with Crippen LogP contribution in [0.1, 0.15) is 42.4 Å². The fourth-order valence-electron chi connectivity index (χ4n) is 2.51. The van der Waals surface area contributed by atoms with E-state index in [9.17, 15) is 9.59 Å². The fourth-order valence-corrected chi connectivity index (χ4v) is 2.51. The number of anilines is 1. The highest BCUT2D eigenvalue weighted by atomic mass is 16.5. The van der Waals surface area contributed by atoms with Gasteiger partial charge < -0.3 is 15.2 Å². The van der Waals surface area contributed by atoms with Gasteiger partial charge in [0.25, 0.3) is 5.91 Å². The average molecular weight is 345 g/mol. The highest BCUT2D eigenvalue weighted by Crippen LogP contribution is 2.23. The van der Waals surface area contributed by atoms with Crippen LogP contribution >= 0.6 is 0 Å². The van der Waals surface area contributed by atoms with Crippen molar-refractivity contribution in [1.82, 2.24) is 9.78 Å². The molecule has 0 radical (unpaired) electrons. The van der Waals surface area contributed by atoms with Crippen LogP contribution in [0.15, 0.2) is 24.4 Å². The van der Waals surface area contributed by atoms with Crippen molar-refractivity contribution in [2.45, 2.75) is 40.2 Å². The third-order valence-electron chi connectivity index (χ3n) is 3.70. The Balaban J connectivity index is 2.16. The number of benzene rings is 1. The van der Waals surface area contributed by atoms with E-state index in [1.54, 1.807) is 24.4 Å². The van der Waals surface area contributed by atoms with E-state index in [1.807, 2.05) is 39.3 Å². The lowest BCUT2D eigenvalue weighted by Crippen LogP contribution is -2.25. The van der Waals surface area contributed by atoms with Crippen LogP contribution in [-0.2, 0) is 10.3 Å². The van der Waals surface area contributed by atoms with Crippen molar-refractivity contribution in [2.75, 3.05) is 11.9 Å². The van der Waals surface area contributed by atoms with E-state index in [1.165, 1.54) is 0 Å². The first-order valence-corrected chi connectivity index (χ1v) is 7.91. The zero-order valence-corrected chi connectivity index (χ0v) is 15.1. The van der Waals surface area contributed by atoms with Gasteiger partial charge in [0.1, 0.15) is 5.75 Å². The Labute approximate surface area is 146 Å². The van der Waals surface area contributed by atoms with Gasteiger partial charge in [0.05, 0.1) is 17.3 Å². The second kappa shape index (κ2) is 6.96. The quantitative estimate of drug-likeness (QED) is 0.869. The number of carboxylic acids is 1. The van der Waals surface area contributed by atoms with Crippen LogP contribution in [0.2, 0.25) is 0 Å². The number of rotatable bonds is 5. The number of ether oxygens (including phenoxy) is 1. The monoisotopic (exact) mass is 345 g/mol. The average Bonchev–Trinajstić information content (AvgIpc) is 2.89. The predicted octanol–water partition coefficient (Wildman–Crippen LogP) is 2.97. The molecule has 0 saturated carbocycles. The summed E-state index contributed by atoms with van der Waals surface area (Å²) in [7, 11) is 0. The molecule has 2 N–H and O–H groups in total. The molecule has 0 spiro atoms. The SMILES string of the molecule is Cc1cc(OCC(=O)O)ccc1NC(=O)c1cnn(C(C)(C)C)c1C. The van der Waals surface area contributed by atoms with Crippen molar-refractivity contribution in [1.29, 1.82) is 0 Å². The molecule has 0 saturated heterocycles. The number of carboxylic acid groups (broad SMARTS) is 1. The van der Waals surface area contributed by atoms with Crippen molar-refractivity contribution in [3.05, 3.63) is 41.2 Å². The second-order valence-electron chi connectivity index (χ2n) is 6.84. The van der Waals surface area contributed by atoms with Gasteiger partial charge in [-0.3, -0.25) is 9.48 Å². The summed E-state index contributed by atoms with van der Waals surface area (Å²) in [6.45, 7) is 9.34. The number of nitrogens with one attached hydrogen (secondary N) is 1. The first kappa shape index (κ1) is 18.5. The lowest BCUT2D eigenvalue weighted by atomic mass is 10.1. The zero-order chi connectivity index (χ0) is 18.8. The molecular weight excluding hydrogens is 322 g/mol. The fraction of sp³-hybridized carbons (Fsp3) is 0.389. The lowest BCUT2D eigenvalue weighted by molar-refractivity contribution is -0.139. The van der Waals surface area contributed by atoms with Crippen LogP contribution in [0, 0.1) is 13.8 Å². The predicted molar refractivity (Wildman–Crippen MR) is 94.2 cm³/mol. The van der Waals surface area contributed by atoms with Crippen LogP contribution in [0.5, 0.6) is 5.75 Å². The minimum absolute atomic E-state index is 0.207. The smallest absolute Gasteiger partial charge is 0.341 e. The topological polar surface area (TPSA) is 93.4 Å². The molecule has 0 fully saturated rings. The Bertz CT molecular complexity index is 803. The van der Waals surface area contributed by atoms with Gasteiger partial charge in [-0.25, -0.2) is 4.79 Å². The van der Waals surface area contributed by atoms with E-state index in [-0.39, 0.29) is 11.4 Å². The van der Waals surface area contributed by atoms with Crippen molar-refractivity contribution in [3.8, 4) is 5.75 Å². The molecule has 25 heavy (non-hydrogen) atoms. The van der Waals surface area contributed by atoms with Crippen LogP contribution in [0.4, 0.5) is 5.69 Å². The van der Waals surface area contributed by atoms with Gasteiger partial charge in [-0.2, -0.15) is 5.10 Å². The number of hydrogen-bond donors (Lipinski definition) is 2. The number of carbonyl (C=O) groups excluding carboxylic acids is 1. The van der Waals surface area contributed by atoms with Gasteiger partial charge in [0.15, 0.2) is 6.61 Å². The number of amides is 1. The highest BCUT2D eigenvalue weighted by molar-refractivity contribution is 6.05. The zero-order valence-electron chi connectivity index (χ0n) is 15.1. The molecule has 1 aromatic heterocycles. The van der Waals surface area contributed by atoms with Crippen molar-refractivity contribution >= 4 is 17.6 Å². The highest BCUT2D eigenvalue weighted by Gasteiger charge is 2.21. The summed E-state index contributed by atoms with van der Waals surface area (Å²) in [5.74, 6) is -0.841. The van der Waals surface area contributed by atoms with Gasteiger partial charge in [-0.1, -0.05) is 0 Å². The van der Waals surface area contributed by atoms with Crippen LogP contribution in [-0.4, -0.2) is 33.4 Å². The van der Waals surface area contributed by atoms with Crippen molar-refractivity contribution in [2.24, 2.45) is 0 Å². The van der Waals surface area contributed by atoms with E-state index >= 15 is 0 Å². The minimum Gasteiger partial charge on any atom is -0.482 e. The molecular formula is C18H23N3O4. The second-order valence-corrected chi connectivity index (χ2v) is 6.84. The van der Waals surface area contributed by atoms with Gasteiger partial charge in [-0.05, 0) is 58.4 Å². The van der Waals surface area contributed by atoms with E-state index in [0.717, 1.165) is 11.3 Å². The third kappa shape index (κ3) is 4.37. The summed E-state index contributed by atoms with van der Waals surface area (Å²) in [4.78, 5) is 23.1. The number of hydrogen-bond acceptors (Lipinski definition) is 4. The van der Waals surface area contributed by atoms with E-state index in [4.69, 9.17) is 9.84 Å². The molecule has 7 nitrogen and oxygen atoms in total. The molecule has 1 heterocycles. The van der Waals surface area contributed by atoms with Gasteiger partial charge >= 0.3 is 5.97 Å². The Hall–Kier alpha value is -2.83. The van der Waals surface area contributed by atoms with Crippen LogP contribution < -0.4 is 10.1 Å². The molecule has 0 atom stereocenters. The molecule has 0 aliphatic carbocycles. The molecule has 1 amide bonds. The third-order valence-corrected chi connectivity index (χ3v) is 3.70. The number of aryl methyl sites for hydroxylation is 1. The molecule has 7 heteroatoms. The number of aliphatic carboxylic acids is 1. The van der Waals surface area contributed by atoms with Crippen molar-refractivity contribution in [3.63, 3.8) is 0 Å². The summed E-state index contributed by atoms with van der Waals surface area (Å²) in [6, 6.07) is 4.99. The van der Waals surface area contributed by atoms with E-state index in [2.05, 4.69) is 10.4 Å². The number of carbonyl (C=O) groups is 2. The maximum atomic E-state index is 12.6. The summed E-state index contributed by atoms with van der Waals surface area (Å²) in [5, 5.41) is 15.8. The summed E-state index contributed by atoms with van der Waals surface area (Å²) in [6.07, 6.45) is 1.57. The van der Waals surface area contributed by atoms with Gasteiger partial charge in [0.2, 0.25) is 0 Å². The van der Waals surface area contributed by atoms with Crippen LogP contribution in [0.25, 0.3) is 0 Å². The molecule has 1 aromatic carbocycles. The first-order chi connectivity index (χ1) is 11.6. The molecule has 0 unspecified atom stereocenters. The maximum Gasteiger partial charge on any atom is 0.341 e. The summed E-state index contributed by atoms with van der Waals surface area (Å²) in [5.41, 5.74) is 2.51. The largest absolute Gasteiger partial charge is 0.482 e. The number of nitrogens with zero attached hydrogens (tertiary/aromatic N) is 2. The van der Waals surface area contributed by atoms with E-state index < -0.39 is 12.6 Å². The molecule has 2 rings (SSSR count). The van der Waals surface area contributed by atoms with E-state index in [0.29, 0.717) is 17.0 Å². The molecule has 0 aliphatic rings. The maximum absolute atomic E-state index is 12.6. The summed E-state index contributed by atoms with van der Waals surface area (Å²) < 4.78 is 6.94. The van der Waals surface area contributed by atoms with Crippen molar-refractivity contribution < 1.29 is 19.4 Å². The standard InChI is InChI=1S/C18H23N3O4/c1-11-8-13(25-10-16(22)23)6-7-15(11)20-17(24)14-9-19-21(12(14)2)18(3,4)5/h6-9H,10H2,1-5H3,(H,20,24)(H,22,23). The van der Waals surface area contributed by atoms with Gasteiger partial charge in [0, 0.05) is 11.4 Å². The molecule has 2 aromatic rings. The molecule has 0 bridgehead atoms. The first-order valence-electron chi connectivity index (χ1n) is 7.91. The Morgan fingerprint density at radius 2 is 1.96 bits per heavy atom. The Morgan fingerprint density at radius 1 is 1.28 bits per heavy atom. The summed E-state index contributed by atoms with van der Waals surface area (Å²) >= 11 is 0. The lowest BCUT2D eigenvalue weighted by Gasteiger charge is -2.21. The van der Waals surface area contributed by atoms with Crippen LogP contribution in [0.3, 0.4) is 0 Å². The van der Waals surface area contributed by atoms with Gasteiger partial charge in [-0.15, -0.1) is 0 Å². The molecule has 134 valence electrons. The normalized spacial score (nSPS) is 11.2. The number of aromatic nitrogens is 2. The Morgan fingerprint density at radius 3 is 2.48 bits per heavy atom. The molecule has 0 aliphatic heterocycles. The minimum atomic E-state index is -1.04. The Kier molecular flexibility index (Phi) is 5.15.